The number of nitrogens with zero attached hydrogens (tertiary/aromatic N) is 2. The lowest BCUT2D eigenvalue weighted by atomic mass is 10.2. The van der Waals surface area contributed by atoms with Crippen LogP contribution in [0.25, 0.3) is 0 Å². The van der Waals surface area contributed by atoms with Gasteiger partial charge in [0, 0.05) is 43.2 Å². The number of hydrogen-bond acceptors (Lipinski definition) is 3. The van der Waals surface area contributed by atoms with E-state index in [4.69, 9.17) is 5.73 Å². The third-order valence-electron chi connectivity index (χ3n) is 4.07. The summed E-state index contributed by atoms with van der Waals surface area (Å²) in [6.45, 7) is 3.25. The SMILES string of the molecule is Nc1ccc(N2CCCN(C(=O)Nc3ccccc3)CC2)cc1. The largest absolute Gasteiger partial charge is 0.399 e. The summed E-state index contributed by atoms with van der Waals surface area (Å²) in [6.07, 6.45) is 0.951. The lowest BCUT2D eigenvalue weighted by Crippen LogP contribution is -2.38. The van der Waals surface area contributed by atoms with Crippen LogP contribution in [0.5, 0.6) is 0 Å². The van der Waals surface area contributed by atoms with Crippen molar-refractivity contribution in [2.45, 2.75) is 6.42 Å². The molecule has 3 N–H and O–H groups in total. The first-order valence-electron chi connectivity index (χ1n) is 7.94. The molecule has 1 aliphatic heterocycles. The molecule has 1 heterocycles. The molecule has 0 saturated carbocycles. The van der Waals surface area contributed by atoms with Gasteiger partial charge < -0.3 is 20.9 Å². The minimum atomic E-state index is -0.0321. The third kappa shape index (κ3) is 3.94. The van der Waals surface area contributed by atoms with Gasteiger partial charge in [0.2, 0.25) is 0 Å². The Labute approximate surface area is 136 Å². The van der Waals surface area contributed by atoms with Gasteiger partial charge in [0.05, 0.1) is 0 Å². The van der Waals surface area contributed by atoms with Crippen molar-refractivity contribution in [3.63, 3.8) is 0 Å². The summed E-state index contributed by atoms with van der Waals surface area (Å²) in [5.74, 6) is 0. The molecule has 0 atom stereocenters. The molecule has 0 radical (unpaired) electrons. The third-order valence-corrected chi connectivity index (χ3v) is 4.07. The van der Waals surface area contributed by atoms with E-state index in [2.05, 4.69) is 10.2 Å². The zero-order chi connectivity index (χ0) is 16.1. The van der Waals surface area contributed by atoms with Gasteiger partial charge in [-0.15, -0.1) is 0 Å². The summed E-state index contributed by atoms with van der Waals surface area (Å²) in [5, 5.41) is 2.95. The minimum Gasteiger partial charge on any atom is -0.399 e. The highest BCUT2D eigenvalue weighted by Crippen LogP contribution is 2.18. The first-order valence-corrected chi connectivity index (χ1v) is 7.94. The highest BCUT2D eigenvalue weighted by Gasteiger charge is 2.19. The number of benzene rings is 2. The van der Waals surface area contributed by atoms with Crippen molar-refractivity contribution < 1.29 is 4.79 Å². The van der Waals surface area contributed by atoms with Crippen molar-refractivity contribution in [2.24, 2.45) is 0 Å². The number of rotatable bonds is 2. The number of anilines is 3. The number of carbonyl (C=O) groups is 1. The lowest BCUT2D eigenvalue weighted by Gasteiger charge is -2.24. The molecule has 3 rings (SSSR count). The molecule has 1 aliphatic rings. The van der Waals surface area contributed by atoms with E-state index in [-0.39, 0.29) is 6.03 Å². The average Bonchev–Trinajstić information content (AvgIpc) is 2.83. The zero-order valence-electron chi connectivity index (χ0n) is 13.1. The summed E-state index contributed by atoms with van der Waals surface area (Å²) in [6, 6.07) is 17.4. The van der Waals surface area contributed by atoms with Gasteiger partial charge in [0.1, 0.15) is 0 Å². The minimum absolute atomic E-state index is 0.0321. The Hall–Kier alpha value is -2.69. The Bertz CT molecular complexity index is 642. The summed E-state index contributed by atoms with van der Waals surface area (Å²) in [5.41, 5.74) is 8.50. The van der Waals surface area contributed by atoms with E-state index in [9.17, 15) is 4.79 Å². The molecular formula is C18H22N4O. The Kier molecular flexibility index (Phi) is 4.66. The molecule has 5 heteroatoms. The summed E-state index contributed by atoms with van der Waals surface area (Å²) < 4.78 is 0. The first-order chi connectivity index (χ1) is 11.2. The second-order valence-corrected chi connectivity index (χ2v) is 5.72. The maximum absolute atomic E-state index is 12.4. The Morgan fingerprint density at radius 1 is 0.913 bits per heavy atom. The highest BCUT2D eigenvalue weighted by atomic mass is 16.2. The maximum atomic E-state index is 12.4. The molecule has 2 amide bonds. The van der Waals surface area contributed by atoms with E-state index in [0.717, 1.165) is 43.1 Å². The monoisotopic (exact) mass is 310 g/mol. The van der Waals surface area contributed by atoms with Gasteiger partial charge in [-0.1, -0.05) is 18.2 Å². The van der Waals surface area contributed by atoms with Crippen molar-refractivity contribution in [2.75, 3.05) is 42.1 Å². The molecule has 1 saturated heterocycles. The Morgan fingerprint density at radius 3 is 2.39 bits per heavy atom. The normalized spacial score (nSPS) is 15.1. The van der Waals surface area contributed by atoms with Crippen LogP contribution in [0.4, 0.5) is 21.9 Å². The molecule has 23 heavy (non-hydrogen) atoms. The van der Waals surface area contributed by atoms with Gasteiger partial charge in [-0.3, -0.25) is 0 Å². The predicted molar refractivity (Wildman–Crippen MR) is 94.7 cm³/mol. The molecule has 1 fully saturated rings. The van der Waals surface area contributed by atoms with Gasteiger partial charge in [-0.2, -0.15) is 0 Å². The molecule has 2 aromatic carbocycles. The molecule has 2 aromatic rings. The second-order valence-electron chi connectivity index (χ2n) is 5.72. The number of nitrogens with two attached hydrogens (primary N) is 1. The smallest absolute Gasteiger partial charge is 0.321 e. The molecule has 0 unspecified atom stereocenters. The lowest BCUT2D eigenvalue weighted by molar-refractivity contribution is 0.215. The van der Waals surface area contributed by atoms with E-state index in [1.807, 2.05) is 59.5 Å². The molecule has 0 aromatic heterocycles. The van der Waals surface area contributed by atoms with E-state index in [0.29, 0.717) is 6.54 Å². The van der Waals surface area contributed by atoms with Crippen molar-refractivity contribution in [1.29, 1.82) is 0 Å². The second kappa shape index (κ2) is 7.05. The van der Waals surface area contributed by atoms with Crippen molar-refractivity contribution >= 4 is 23.1 Å². The quantitative estimate of drug-likeness (QED) is 0.838. The summed E-state index contributed by atoms with van der Waals surface area (Å²) in [4.78, 5) is 16.6. The number of carbonyl (C=O) groups excluding carboxylic acids is 1. The van der Waals surface area contributed by atoms with Crippen LogP contribution in [0.3, 0.4) is 0 Å². The van der Waals surface area contributed by atoms with Gasteiger partial charge in [0.15, 0.2) is 0 Å². The maximum Gasteiger partial charge on any atom is 0.321 e. The predicted octanol–water partition coefficient (Wildman–Crippen LogP) is 3.01. The van der Waals surface area contributed by atoms with E-state index >= 15 is 0 Å². The summed E-state index contributed by atoms with van der Waals surface area (Å²) >= 11 is 0. The fourth-order valence-corrected chi connectivity index (χ4v) is 2.79. The number of nitrogens with one attached hydrogen (secondary N) is 1. The van der Waals surface area contributed by atoms with E-state index in [1.54, 1.807) is 0 Å². The Balaban J connectivity index is 1.59. The molecular weight excluding hydrogens is 288 g/mol. The van der Waals surface area contributed by atoms with Gasteiger partial charge in [0.25, 0.3) is 0 Å². The van der Waals surface area contributed by atoms with Gasteiger partial charge in [-0.25, -0.2) is 4.79 Å². The van der Waals surface area contributed by atoms with Crippen LogP contribution in [0.2, 0.25) is 0 Å². The number of amides is 2. The molecule has 0 bridgehead atoms. The number of para-hydroxylation sites is 1. The van der Waals surface area contributed by atoms with Crippen LogP contribution in [-0.4, -0.2) is 37.1 Å². The highest BCUT2D eigenvalue weighted by molar-refractivity contribution is 5.89. The fourth-order valence-electron chi connectivity index (χ4n) is 2.79. The summed E-state index contributed by atoms with van der Waals surface area (Å²) in [7, 11) is 0. The van der Waals surface area contributed by atoms with Crippen LogP contribution >= 0.6 is 0 Å². The van der Waals surface area contributed by atoms with Crippen LogP contribution in [-0.2, 0) is 0 Å². The average molecular weight is 310 g/mol. The van der Waals surface area contributed by atoms with Gasteiger partial charge >= 0.3 is 6.03 Å². The Morgan fingerprint density at radius 2 is 1.65 bits per heavy atom. The van der Waals surface area contributed by atoms with Crippen molar-refractivity contribution in [3.05, 3.63) is 54.6 Å². The zero-order valence-corrected chi connectivity index (χ0v) is 13.1. The van der Waals surface area contributed by atoms with Crippen LogP contribution in [0, 0.1) is 0 Å². The van der Waals surface area contributed by atoms with E-state index in [1.165, 1.54) is 0 Å². The van der Waals surface area contributed by atoms with E-state index < -0.39 is 0 Å². The number of nitrogen functional groups attached to an aromatic ring is 1. The van der Waals surface area contributed by atoms with Crippen LogP contribution in [0.1, 0.15) is 6.42 Å². The van der Waals surface area contributed by atoms with Crippen molar-refractivity contribution in [1.82, 2.24) is 4.90 Å². The number of urea groups is 1. The molecule has 5 nitrogen and oxygen atoms in total. The van der Waals surface area contributed by atoms with Crippen molar-refractivity contribution in [3.8, 4) is 0 Å². The molecule has 0 spiro atoms. The number of hydrogen-bond donors (Lipinski definition) is 2. The topological polar surface area (TPSA) is 61.6 Å². The van der Waals surface area contributed by atoms with Gasteiger partial charge in [-0.05, 0) is 42.8 Å². The van der Waals surface area contributed by atoms with Crippen LogP contribution < -0.4 is 16.0 Å². The molecule has 120 valence electrons. The van der Waals surface area contributed by atoms with Crippen LogP contribution in [0.15, 0.2) is 54.6 Å². The first kappa shape index (κ1) is 15.2. The molecule has 0 aliphatic carbocycles. The standard InChI is InChI=1S/C18H22N4O/c19-15-7-9-17(10-8-15)21-11-4-12-22(14-13-21)18(23)20-16-5-2-1-3-6-16/h1-3,5-10H,4,11-14,19H2,(H,20,23). The fraction of sp³-hybridized carbons (Fsp3) is 0.278.